The van der Waals surface area contributed by atoms with E-state index >= 15 is 0 Å². The van der Waals surface area contributed by atoms with Gasteiger partial charge in [-0.3, -0.25) is 0 Å². The number of hydrogen-bond donors (Lipinski definition) is 1. The van der Waals surface area contributed by atoms with Crippen molar-refractivity contribution in [2.75, 3.05) is 11.9 Å². The molecule has 122 valence electrons. The molecule has 0 fully saturated rings. The Kier molecular flexibility index (Phi) is 6.23. The van der Waals surface area contributed by atoms with E-state index in [9.17, 15) is 0 Å². The second-order valence-corrected chi connectivity index (χ2v) is 8.71. The van der Waals surface area contributed by atoms with Crippen LogP contribution in [0.25, 0.3) is 0 Å². The second-order valence-electron chi connectivity index (χ2n) is 7.65. The Morgan fingerprint density at radius 3 is 2.14 bits per heavy atom. The van der Waals surface area contributed by atoms with E-state index in [0.717, 1.165) is 11.7 Å². The fraction of sp³-hybridized carbons (Fsp3) is 0.824. The number of anilines is 1. The first-order valence-corrected chi connectivity index (χ1v) is 8.81. The number of rotatable bonds is 6. The Labute approximate surface area is 135 Å². The molecule has 0 aliphatic carbocycles. The highest BCUT2D eigenvalue weighted by Gasteiger charge is 2.27. The summed E-state index contributed by atoms with van der Waals surface area (Å²) in [5.41, 5.74) is 1.49. The highest BCUT2D eigenvalue weighted by molar-refractivity contribution is 7.15. The average Bonchev–Trinajstić information content (AvgIpc) is 2.77. The topological polar surface area (TPSA) is 28.2 Å². The van der Waals surface area contributed by atoms with Gasteiger partial charge in [0.2, 0.25) is 0 Å². The molecule has 4 heteroatoms. The van der Waals surface area contributed by atoms with Gasteiger partial charge < -0.3 is 10.2 Å². The maximum Gasteiger partial charge on any atom is 0.185 e. The summed E-state index contributed by atoms with van der Waals surface area (Å²) in [7, 11) is 2.17. The summed E-state index contributed by atoms with van der Waals surface area (Å²) >= 11 is 1.83. The summed E-state index contributed by atoms with van der Waals surface area (Å²) in [6, 6.07) is 0.955. The van der Waals surface area contributed by atoms with Gasteiger partial charge in [0, 0.05) is 30.6 Å². The van der Waals surface area contributed by atoms with Crippen molar-refractivity contribution in [3.05, 3.63) is 10.6 Å². The van der Waals surface area contributed by atoms with Crippen LogP contribution in [0, 0.1) is 5.41 Å². The van der Waals surface area contributed by atoms with E-state index in [1.807, 2.05) is 11.3 Å². The first kappa shape index (κ1) is 18.4. The van der Waals surface area contributed by atoms with Crippen LogP contribution in [0.1, 0.15) is 71.9 Å². The van der Waals surface area contributed by atoms with Crippen molar-refractivity contribution in [2.24, 2.45) is 5.41 Å². The lowest BCUT2D eigenvalue weighted by Gasteiger charge is -2.35. The van der Waals surface area contributed by atoms with Gasteiger partial charge >= 0.3 is 0 Å². The molecule has 21 heavy (non-hydrogen) atoms. The highest BCUT2D eigenvalue weighted by atomic mass is 32.1. The first-order chi connectivity index (χ1) is 9.54. The lowest BCUT2D eigenvalue weighted by molar-refractivity contribution is 0.329. The molecular formula is C17H33N3S. The van der Waals surface area contributed by atoms with Gasteiger partial charge in [-0.05, 0) is 18.3 Å². The molecule has 0 radical (unpaired) electrons. The number of nitrogens with one attached hydrogen (secondary N) is 1. The lowest BCUT2D eigenvalue weighted by Crippen LogP contribution is -2.39. The quantitative estimate of drug-likeness (QED) is 0.830. The molecule has 1 aromatic heterocycles. The Morgan fingerprint density at radius 1 is 1.14 bits per heavy atom. The van der Waals surface area contributed by atoms with Crippen LogP contribution in [-0.4, -0.2) is 24.1 Å². The summed E-state index contributed by atoms with van der Waals surface area (Å²) in [5, 5.41) is 4.66. The fourth-order valence-electron chi connectivity index (χ4n) is 2.12. The first-order valence-electron chi connectivity index (χ1n) is 7.99. The third-order valence-corrected chi connectivity index (χ3v) is 5.23. The van der Waals surface area contributed by atoms with E-state index in [2.05, 4.69) is 72.7 Å². The average molecular weight is 312 g/mol. The van der Waals surface area contributed by atoms with Crippen molar-refractivity contribution >= 4 is 16.5 Å². The van der Waals surface area contributed by atoms with Gasteiger partial charge in [-0.25, -0.2) is 4.98 Å². The van der Waals surface area contributed by atoms with E-state index in [1.54, 1.807) is 0 Å². The lowest BCUT2D eigenvalue weighted by atomic mass is 9.87. The molecule has 1 rings (SSSR count). The van der Waals surface area contributed by atoms with Crippen molar-refractivity contribution in [1.82, 2.24) is 10.3 Å². The van der Waals surface area contributed by atoms with Crippen molar-refractivity contribution < 1.29 is 0 Å². The molecule has 0 aromatic carbocycles. The molecule has 0 saturated carbocycles. The van der Waals surface area contributed by atoms with Gasteiger partial charge in [0.05, 0.1) is 5.69 Å². The Morgan fingerprint density at radius 2 is 1.71 bits per heavy atom. The highest BCUT2D eigenvalue weighted by Crippen LogP contribution is 2.34. The molecular weight excluding hydrogens is 278 g/mol. The summed E-state index contributed by atoms with van der Waals surface area (Å²) in [4.78, 5) is 8.63. The van der Waals surface area contributed by atoms with Crippen LogP contribution >= 0.6 is 11.3 Å². The van der Waals surface area contributed by atoms with Crippen molar-refractivity contribution in [1.29, 1.82) is 0 Å². The summed E-state index contributed by atoms with van der Waals surface area (Å²) in [6.07, 6.45) is 0. The monoisotopic (exact) mass is 311 g/mol. The number of hydrogen-bond acceptors (Lipinski definition) is 4. The van der Waals surface area contributed by atoms with Gasteiger partial charge in [0.15, 0.2) is 5.13 Å². The van der Waals surface area contributed by atoms with Crippen molar-refractivity contribution in [2.45, 2.75) is 79.9 Å². The largest absolute Gasteiger partial charge is 0.348 e. The molecule has 1 atom stereocenters. The maximum atomic E-state index is 4.93. The Hall–Kier alpha value is -0.610. The van der Waals surface area contributed by atoms with Crippen LogP contribution in [0.5, 0.6) is 0 Å². The molecule has 0 bridgehead atoms. The Bertz CT molecular complexity index is 443. The van der Waals surface area contributed by atoms with Gasteiger partial charge in [-0.15, -0.1) is 11.3 Å². The van der Waals surface area contributed by atoms with E-state index in [1.165, 1.54) is 10.6 Å². The van der Waals surface area contributed by atoms with E-state index in [-0.39, 0.29) is 5.41 Å². The molecule has 3 nitrogen and oxygen atoms in total. The molecule has 0 aliphatic rings. The van der Waals surface area contributed by atoms with Crippen molar-refractivity contribution in [3.63, 3.8) is 0 Å². The van der Waals surface area contributed by atoms with Crippen LogP contribution in [0.4, 0.5) is 5.13 Å². The van der Waals surface area contributed by atoms with Gasteiger partial charge in [-0.1, -0.05) is 48.5 Å². The van der Waals surface area contributed by atoms with Crippen LogP contribution < -0.4 is 10.2 Å². The van der Waals surface area contributed by atoms with Gasteiger partial charge in [0.25, 0.3) is 0 Å². The minimum Gasteiger partial charge on any atom is -0.348 e. The fourth-order valence-corrected chi connectivity index (χ4v) is 3.33. The van der Waals surface area contributed by atoms with E-state index < -0.39 is 0 Å². The second kappa shape index (κ2) is 7.10. The zero-order valence-electron chi connectivity index (χ0n) is 15.2. The SMILES string of the molecule is CC(C)NCc1sc(N(C)C(C)C(C)(C)C)nc1C(C)C. The summed E-state index contributed by atoms with van der Waals surface area (Å²) < 4.78 is 0. The standard InChI is InChI=1S/C17H33N3S/c1-11(2)15-14(10-18-12(3)4)21-16(19-15)20(9)13(5)17(6,7)8/h11-13,18H,10H2,1-9H3. The summed E-state index contributed by atoms with van der Waals surface area (Å²) in [5.74, 6) is 0.470. The third kappa shape index (κ3) is 4.96. The van der Waals surface area contributed by atoms with Crippen molar-refractivity contribution in [3.8, 4) is 0 Å². The minimum atomic E-state index is 0.245. The predicted molar refractivity (Wildman–Crippen MR) is 95.5 cm³/mol. The molecule has 1 heterocycles. The predicted octanol–water partition coefficient (Wildman–Crippen LogP) is 4.64. The number of nitrogens with zero attached hydrogens (tertiary/aromatic N) is 2. The molecule has 1 unspecified atom stereocenters. The normalized spacial score (nSPS) is 14.0. The van der Waals surface area contributed by atoms with Gasteiger partial charge in [-0.2, -0.15) is 0 Å². The number of aromatic nitrogens is 1. The summed E-state index contributed by atoms with van der Waals surface area (Å²) in [6.45, 7) is 18.9. The van der Waals surface area contributed by atoms with Gasteiger partial charge in [0.1, 0.15) is 0 Å². The molecule has 1 N–H and O–H groups in total. The number of thiazole rings is 1. The molecule has 0 spiro atoms. The minimum absolute atomic E-state index is 0.245. The van der Waals surface area contributed by atoms with Crippen LogP contribution in [-0.2, 0) is 6.54 Å². The van der Waals surface area contributed by atoms with Crippen LogP contribution in [0.3, 0.4) is 0 Å². The van der Waals surface area contributed by atoms with E-state index in [4.69, 9.17) is 4.98 Å². The molecule has 0 amide bonds. The zero-order chi connectivity index (χ0) is 16.4. The molecule has 1 aromatic rings. The van der Waals surface area contributed by atoms with E-state index in [0.29, 0.717) is 18.0 Å². The third-order valence-electron chi connectivity index (χ3n) is 4.07. The molecule has 0 aliphatic heterocycles. The molecule has 0 saturated heterocycles. The maximum absolute atomic E-state index is 4.93. The smallest absolute Gasteiger partial charge is 0.185 e. The zero-order valence-corrected chi connectivity index (χ0v) is 16.1. The van der Waals surface area contributed by atoms with Crippen LogP contribution in [0.2, 0.25) is 0 Å². The Balaban J connectivity index is 3.01. The van der Waals surface area contributed by atoms with Crippen LogP contribution in [0.15, 0.2) is 0 Å².